The van der Waals surface area contributed by atoms with E-state index in [1.54, 1.807) is 6.07 Å². The second-order valence-electron chi connectivity index (χ2n) is 2.50. The SMILES string of the molecule is N#CCc1c(Cl)[nH]cc(C(F)F)c1=O. The molecule has 0 aromatic carbocycles. The first-order valence-corrected chi connectivity index (χ1v) is 4.00. The van der Waals surface area contributed by atoms with Crippen LogP contribution in [0.25, 0.3) is 0 Å². The Kier molecular flexibility index (Phi) is 3.20. The highest BCUT2D eigenvalue weighted by Crippen LogP contribution is 2.17. The third-order valence-electron chi connectivity index (χ3n) is 1.65. The minimum absolute atomic E-state index is 0.0686. The highest BCUT2D eigenvalue weighted by Gasteiger charge is 2.16. The van der Waals surface area contributed by atoms with Crippen molar-refractivity contribution in [3.05, 3.63) is 32.7 Å². The van der Waals surface area contributed by atoms with Gasteiger partial charge in [-0.25, -0.2) is 8.78 Å². The van der Waals surface area contributed by atoms with Crippen LogP contribution in [0.4, 0.5) is 8.78 Å². The molecule has 0 aliphatic carbocycles. The summed E-state index contributed by atoms with van der Waals surface area (Å²) in [5.74, 6) is 0. The summed E-state index contributed by atoms with van der Waals surface area (Å²) in [6, 6.07) is 1.68. The molecule has 6 heteroatoms. The molecule has 0 amide bonds. The summed E-state index contributed by atoms with van der Waals surface area (Å²) in [4.78, 5) is 13.6. The van der Waals surface area contributed by atoms with Crippen LogP contribution in [-0.2, 0) is 6.42 Å². The largest absolute Gasteiger partial charge is 0.351 e. The zero-order chi connectivity index (χ0) is 10.7. The van der Waals surface area contributed by atoms with Crippen molar-refractivity contribution in [2.45, 2.75) is 12.8 Å². The van der Waals surface area contributed by atoms with Gasteiger partial charge < -0.3 is 4.98 Å². The lowest BCUT2D eigenvalue weighted by atomic mass is 10.1. The predicted octanol–water partition coefficient (Wildman–Crippen LogP) is 2.03. The Morgan fingerprint density at radius 3 is 2.79 bits per heavy atom. The molecule has 3 nitrogen and oxygen atoms in total. The molecular formula is C8H5ClF2N2O. The number of nitrogens with zero attached hydrogens (tertiary/aromatic N) is 1. The van der Waals surface area contributed by atoms with Crippen molar-refractivity contribution in [3.8, 4) is 6.07 Å². The Labute approximate surface area is 82.9 Å². The van der Waals surface area contributed by atoms with Crippen LogP contribution in [0.2, 0.25) is 5.15 Å². The van der Waals surface area contributed by atoms with Gasteiger partial charge in [0, 0.05) is 11.8 Å². The van der Waals surface area contributed by atoms with Crippen molar-refractivity contribution in [2.24, 2.45) is 0 Å². The van der Waals surface area contributed by atoms with Gasteiger partial charge in [0.1, 0.15) is 5.15 Å². The lowest BCUT2D eigenvalue weighted by molar-refractivity contribution is 0.149. The molecule has 0 saturated carbocycles. The average molecular weight is 219 g/mol. The van der Waals surface area contributed by atoms with Gasteiger partial charge in [-0.3, -0.25) is 4.79 Å². The molecular weight excluding hydrogens is 214 g/mol. The first-order chi connectivity index (χ1) is 6.57. The fourth-order valence-corrected chi connectivity index (χ4v) is 1.17. The number of rotatable bonds is 2. The van der Waals surface area contributed by atoms with Gasteiger partial charge in [-0.1, -0.05) is 11.6 Å². The lowest BCUT2D eigenvalue weighted by Crippen LogP contribution is -2.16. The van der Waals surface area contributed by atoms with Crippen LogP contribution in [0.15, 0.2) is 11.0 Å². The van der Waals surface area contributed by atoms with Gasteiger partial charge in [0.05, 0.1) is 18.1 Å². The first-order valence-electron chi connectivity index (χ1n) is 3.63. The van der Waals surface area contributed by atoms with Gasteiger partial charge in [-0.2, -0.15) is 5.26 Å². The number of hydrogen-bond acceptors (Lipinski definition) is 2. The summed E-state index contributed by atoms with van der Waals surface area (Å²) < 4.78 is 24.5. The maximum atomic E-state index is 12.2. The van der Waals surface area contributed by atoms with Crippen LogP contribution in [0.3, 0.4) is 0 Å². The molecule has 1 rings (SSSR count). The van der Waals surface area contributed by atoms with Crippen LogP contribution >= 0.6 is 11.6 Å². The molecule has 1 aromatic heterocycles. The van der Waals surface area contributed by atoms with Crippen molar-refractivity contribution in [2.75, 3.05) is 0 Å². The van der Waals surface area contributed by atoms with Crippen molar-refractivity contribution >= 4 is 11.6 Å². The predicted molar refractivity (Wildman–Crippen MR) is 46.3 cm³/mol. The summed E-state index contributed by atoms with van der Waals surface area (Å²) >= 11 is 5.53. The molecule has 1 N–H and O–H groups in total. The van der Waals surface area contributed by atoms with E-state index in [9.17, 15) is 13.6 Å². The Hall–Kier alpha value is -1.41. The fraction of sp³-hybridized carbons (Fsp3) is 0.250. The van der Waals surface area contributed by atoms with E-state index in [1.807, 2.05) is 0 Å². The van der Waals surface area contributed by atoms with E-state index in [1.165, 1.54) is 0 Å². The van der Waals surface area contributed by atoms with Gasteiger partial charge in [0.2, 0.25) is 0 Å². The molecule has 0 bridgehead atoms. The summed E-state index contributed by atoms with van der Waals surface area (Å²) in [6.45, 7) is 0. The van der Waals surface area contributed by atoms with E-state index in [4.69, 9.17) is 16.9 Å². The van der Waals surface area contributed by atoms with Crippen LogP contribution in [0.5, 0.6) is 0 Å². The Morgan fingerprint density at radius 2 is 2.29 bits per heavy atom. The minimum atomic E-state index is -2.87. The molecule has 0 radical (unpaired) electrons. The summed E-state index contributed by atoms with van der Waals surface area (Å²) in [5.41, 5.74) is -1.66. The zero-order valence-corrected chi connectivity index (χ0v) is 7.61. The number of aromatic amines is 1. The molecule has 0 unspecified atom stereocenters. The number of pyridine rings is 1. The molecule has 0 atom stereocenters. The first kappa shape index (κ1) is 10.7. The summed E-state index contributed by atoms with van der Waals surface area (Å²) in [7, 11) is 0. The molecule has 0 aliphatic rings. The van der Waals surface area contributed by atoms with Crippen molar-refractivity contribution in [1.29, 1.82) is 5.26 Å². The smallest absolute Gasteiger partial charge is 0.269 e. The quantitative estimate of drug-likeness (QED) is 0.773. The van der Waals surface area contributed by atoms with E-state index in [0.717, 1.165) is 6.20 Å². The Bertz CT molecular complexity index is 436. The van der Waals surface area contributed by atoms with Gasteiger partial charge in [0.25, 0.3) is 6.43 Å². The third-order valence-corrected chi connectivity index (χ3v) is 1.98. The van der Waals surface area contributed by atoms with Crippen LogP contribution in [0, 0.1) is 11.3 Å². The van der Waals surface area contributed by atoms with E-state index in [-0.39, 0.29) is 17.1 Å². The number of aromatic nitrogens is 1. The molecule has 0 saturated heterocycles. The number of H-pyrrole nitrogens is 1. The van der Waals surface area contributed by atoms with Crippen molar-refractivity contribution < 1.29 is 8.78 Å². The highest BCUT2D eigenvalue weighted by molar-refractivity contribution is 6.30. The lowest BCUT2D eigenvalue weighted by Gasteiger charge is -2.02. The van der Waals surface area contributed by atoms with Crippen molar-refractivity contribution in [3.63, 3.8) is 0 Å². The Balaban J connectivity index is 3.36. The number of hydrogen-bond donors (Lipinski definition) is 1. The topological polar surface area (TPSA) is 56.6 Å². The monoisotopic (exact) mass is 218 g/mol. The van der Waals surface area contributed by atoms with Crippen LogP contribution < -0.4 is 5.43 Å². The average Bonchev–Trinajstić information content (AvgIpc) is 2.11. The minimum Gasteiger partial charge on any atom is -0.351 e. The van der Waals surface area contributed by atoms with E-state index < -0.39 is 17.4 Å². The number of alkyl halides is 2. The molecule has 1 heterocycles. The van der Waals surface area contributed by atoms with Crippen molar-refractivity contribution in [1.82, 2.24) is 4.98 Å². The number of halogens is 3. The van der Waals surface area contributed by atoms with Crippen LogP contribution in [-0.4, -0.2) is 4.98 Å². The maximum Gasteiger partial charge on any atom is 0.269 e. The van der Waals surface area contributed by atoms with Gasteiger partial charge >= 0.3 is 0 Å². The maximum absolute atomic E-state index is 12.2. The second kappa shape index (κ2) is 4.20. The molecule has 1 aromatic rings. The van der Waals surface area contributed by atoms with Gasteiger partial charge in [-0.05, 0) is 0 Å². The molecule has 14 heavy (non-hydrogen) atoms. The zero-order valence-electron chi connectivity index (χ0n) is 6.85. The van der Waals surface area contributed by atoms with E-state index in [0.29, 0.717) is 0 Å². The normalized spacial score (nSPS) is 10.2. The van der Waals surface area contributed by atoms with E-state index in [2.05, 4.69) is 4.98 Å². The molecule has 0 fully saturated rings. The summed E-state index contributed by atoms with van der Waals surface area (Å²) in [6.07, 6.45) is -2.29. The third kappa shape index (κ3) is 1.91. The molecule has 0 spiro atoms. The Morgan fingerprint density at radius 1 is 1.64 bits per heavy atom. The van der Waals surface area contributed by atoms with E-state index >= 15 is 0 Å². The summed E-state index contributed by atoms with van der Waals surface area (Å²) in [5, 5.41) is 8.28. The number of nitrogens with one attached hydrogen (secondary N) is 1. The highest BCUT2D eigenvalue weighted by atomic mass is 35.5. The standard InChI is InChI=1S/C8H5ClF2N2O/c9-7-4(1-2-12)6(14)5(3-13-7)8(10)11/h3,8H,1H2,(H,13,14). The van der Waals surface area contributed by atoms with Gasteiger partial charge in [0.15, 0.2) is 5.43 Å². The van der Waals surface area contributed by atoms with Crippen LogP contribution in [0.1, 0.15) is 17.6 Å². The molecule has 0 aliphatic heterocycles. The number of nitriles is 1. The van der Waals surface area contributed by atoms with Gasteiger partial charge in [-0.15, -0.1) is 0 Å². The second-order valence-corrected chi connectivity index (χ2v) is 2.88. The molecule has 74 valence electrons. The fourth-order valence-electron chi connectivity index (χ4n) is 0.967.